The number of halogens is 1. The highest BCUT2D eigenvalue weighted by Crippen LogP contribution is 2.50. The lowest BCUT2D eigenvalue weighted by Gasteiger charge is -2.37. The topological polar surface area (TPSA) is 39.4 Å². The highest BCUT2D eigenvalue weighted by atomic mass is 35.5. The maximum atomic E-state index is 13.2. The first-order chi connectivity index (χ1) is 14.1. The summed E-state index contributed by atoms with van der Waals surface area (Å²) < 4.78 is 12.6. The van der Waals surface area contributed by atoms with Gasteiger partial charge in [-0.25, -0.2) is 0 Å². The number of ether oxygens (including phenoxy) is 1. The van der Waals surface area contributed by atoms with E-state index in [1.54, 1.807) is 18.2 Å². The second-order valence-electron chi connectivity index (χ2n) is 7.44. The lowest BCUT2D eigenvalue weighted by atomic mass is 9.77. The molecule has 1 aliphatic heterocycles. The Balaban J connectivity index is 1.75. The Kier molecular flexibility index (Phi) is 4.40. The molecule has 0 bridgehead atoms. The summed E-state index contributed by atoms with van der Waals surface area (Å²) in [4.78, 5) is 13.2. The molecule has 0 radical (unpaired) electrons. The predicted molar refractivity (Wildman–Crippen MR) is 115 cm³/mol. The first-order valence-electron chi connectivity index (χ1n) is 9.66. The molecule has 144 valence electrons. The van der Waals surface area contributed by atoms with Crippen molar-refractivity contribution in [2.45, 2.75) is 24.9 Å². The van der Waals surface area contributed by atoms with E-state index in [4.69, 9.17) is 20.8 Å². The number of hydrogen-bond acceptors (Lipinski definition) is 3. The Morgan fingerprint density at radius 1 is 0.862 bits per heavy atom. The molecule has 1 aromatic heterocycles. The van der Waals surface area contributed by atoms with Gasteiger partial charge in [0, 0.05) is 16.9 Å². The lowest BCUT2D eigenvalue weighted by molar-refractivity contribution is 0.120. The summed E-state index contributed by atoms with van der Waals surface area (Å²) in [6.45, 7) is 2.10. The van der Waals surface area contributed by atoms with Gasteiger partial charge in [0.25, 0.3) is 0 Å². The molecule has 0 saturated carbocycles. The van der Waals surface area contributed by atoms with Crippen molar-refractivity contribution in [2.75, 3.05) is 0 Å². The van der Waals surface area contributed by atoms with Crippen LogP contribution in [-0.4, -0.2) is 0 Å². The van der Waals surface area contributed by atoms with Crippen LogP contribution in [0.4, 0.5) is 0 Å². The van der Waals surface area contributed by atoms with Crippen LogP contribution in [0.25, 0.3) is 11.0 Å². The normalized spacial score (nSPS) is 20.8. The van der Waals surface area contributed by atoms with E-state index in [9.17, 15) is 4.79 Å². The third-order valence-electron chi connectivity index (χ3n) is 5.67. The number of benzene rings is 3. The van der Waals surface area contributed by atoms with Gasteiger partial charge in [-0.05, 0) is 29.3 Å². The van der Waals surface area contributed by atoms with E-state index in [1.807, 2.05) is 48.5 Å². The number of rotatable bonds is 2. The fourth-order valence-electron chi connectivity index (χ4n) is 4.26. The van der Waals surface area contributed by atoms with E-state index in [-0.39, 0.29) is 29.1 Å². The Hall–Kier alpha value is -3.04. The van der Waals surface area contributed by atoms with Crippen molar-refractivity contribution in [1.29, 1.82) is 0 Å². The van der Waals surface area contributed by atoms with E-state index >= 15 is 0 Å². The zero-order valence-corrected chi connectivity index (χ0v) is 16.6. The molecular weight excluding hydrogens is 384 g/mol. The Bertz CT molecular complexity index is 1230. The SMILES string of the molecule is C[C@H]1c2oc3ccc(Cl)cc3c(=O)c2O[C@@H](c2ccccc2)[C@@H]1c1ccccc1. The smallest absolute Gasteiger partial charge is 0.234 e. The largest absolute Gasteiger partial charge is 0.478 e. The van der Waals surface area contributed by atoms with Crippen LogP contribution in [0.15, 0.2) is 88.1 Å². The van der Waals surface area contributed by atoms with Crippen LogP contribution < -0.4 is 10.2 Å². The van der Waals surface area contributed by atoms with Crippen LogP contribution in [0.3, 0.4) is 0 Å². The number of fused-ring (bicyclic) bond motifs is 2. The van der Waals surface area contributed by atoms with E-state index in [0.717, 1.165) is 11.1 Å². The minimum Gasteiger partial charge on any atom is -0.478 e. The molecule has 0 N–H and O–H groups in total. The maximum Gasteiger partial charge on any atom is 0.234 e. The van der Waals surface area contributed by atoms with Crippen LogP contribution in [0, 0.1) is 0 Å². The van der Waals surface area contributed by atoms with E-state index < -0.39 is 0 Å². The van der Waals surface area contributed by atoms with Gasteiger partial charge in [-0.3, -0.25) is 4.79 Å². The van der Waals surface area contributed by atoms with Gasteiger partial charge in [0.1, 0.15) is 11.7 Å². The minimum absolute atomic E-state index is 0.0130. The molecule has 3 nitrogen and oxygen atoms in total. The van der Waals surface area contributed by atoms with Gasteiger partial charge in [0.15, 0.2) is 5.76 Å². The third-order valence-corrected chi connectivity index (χ3v) is 5.91. The standard InChI is InChI=1S/C25H19ClO3/c1-15-21(16-8-4-2-5-9-16)24(17-10-6-3-7-11-17)29-25-22(27)19-14-18(26)12-13-20(19)28-23(15)25/h2-15,21,24H,1H3/t15-,21+,24+/m1/s1. The summed E-state index contributed by atoms with van der Waals surface area (Å²) in [6, 6.07) is 25.4. The summed E-state index contributed by atoms with van der Waals surface area (Å²) in [6.07, 6.45) is -0.291. The Morgan fingerprint density at radius 2 is 1.52 bits per heavy atom. The van der Waals surface area contributed by atoms with E-state index in [0.29, 0.717) is 21.8 Å². The van der Waals surface area contributed by atoms with Gasteiger partial charge >= 0.3 is 0 Å². The molecule has 4 heteroatoms. The first-order valence-corrected chi connectivity index (χ1v) is 10.0. The Labute approximate surface area is 173 Å². The molecule has 29 heavy (non-hydrogen) atoms. The molecule has 0 saturated heterocycles. The van der Waals surface area contributed by atoms with Crippen molar-refractivity contribution in [3.63, 3.8) is 0 Å². The molecule has 0 unspecified atom stereocenters. The van der Waals surface area contributed by atoms with Crippen molar-refractivity contribution in [1.82, 2.24) is 0 Å². The van der Waals surface area contributed by atoms with Crippen LogP contribution >= 0.6 is 11.6 Å². The van der Waals surface area contributed by atoms with Crippen molar-refractivity contribution >= 4 is 22.6 Å². The fraction of sp³-hybridized carbons (Fsp3) is 0.160. The first kappa shape index (κ1) is 18.0. The van der Waals surface area contributed by atoms with Crippen molar-refractivity contribution in [3.8, 4) is 5.75 Å². The highest BCUT2D eigenvalue weighted by Gasteiger charge is 2.41. The van der Waals surface area contributed by atoms with Crippen LogP contribution in [0.5, 0.6) is 5.75 Å². The molecule has 5 rings (SSSR count). The van der Waals surface area contributed by atoms with E-state index in [1.165, 1.54) is 0 Å². The number of hydrogen-bond donors (Lipinski definition) is 0. The van der Waals surface area contributed by atoms with Crippen LogP contribution in [-0.2, 0) is 0 Å². The van der Waals surface area contributed by atoms with Gasteiger partial charge in [-0.15, -0.1) is 0 Å². The summed E-state index contributed by atoms with van der Waals surface area (Å²) >= 11 is 6.11. The van der Waals surface area contributed by atoms with Gasteiger partial charge in [-0.2, -0.15) is 0 Å². The Morgan fingerprint density at radius 3 is 2.21 bits per heavy atom. The van der Waals surface area contributed by atoms with Crippen LogP contribution in [0.2, 0.25) is 5.02 Å². The zero-order chi connectivity index (χ0) is 20.0. The summed E-state index contributed by atoms with van der Waals surface area (Å²) in [5.41, 5.74) is 2.53. The van der Waals surface area contributed by atoms with Crippen molar-refractivity contribution < 1.29 is 9.15 Å². The molecule has 3 aromatic carbocycles. The second kappa shape index (κ2) is 7.09. The van der Waals surface area contributed by atoms with Gasteiger partial charge in [0.2, 0.25) is 11.2 Å². The minimum atomic E-state index is -0.291. The van der Waals surface area contributed by atoms with E-state index in [2.05, 4.69) is 19.1 Å². The molecule has 0 fully saturated rings. The lowest BCUT2D eigenvalue weighted by Crippen LogP contribution is -2.30. The summed E-state index contributed by atoms with van der Waals surface area (Å²) in [5, 5.41) is 0.934. The average Bonchev–Trinajstić information content (AvgIpc) is 2.76. The predicted octanol–water partition coefficient (Wildman–Crippen LogP) is 6.47. The van der Waals surface area contributed by atoms with Gasteiger partial charge in [-0.1, -0.05) is 79.2 Å². The van der Waals surface area contributed by atoms with Gasteiger partial charge in [0.05, 0.1) is 5.39 Å². The third kappa shape index (κ3) is 3.02. The molecule has 4 aromatic rings. The molecule has 2 heterocycles. The second-order valence-corrected chi connectivity index (χ2v) is 7.88. The van der Waals surface area contributed by atoms with Gasteiger partial charge < -0.3 is 9.15 Å². The molecule has 3 atom stereocenters. The molecule has 0 amide bonds. The zero-order valence-electron chi connectivity index (χ0n) is 15.8. The van der Waals surface area contributed by atoms with Crippen molar-refractivity contribution in [2.24, 2.45) is 0 Å². The molecular formula is C25H19ClO3. The molecule has 0 spiro atoms. The molecule has 1 aliphatic rings. The summed E-state index contributed by atoms with van der Waals surface area (Å²) in [5.74, 6) is 0.845. The highest BCUT2D eigenvalue weighted by molar-refractivity contribution is 6.31. The van der Waals surface area contributed by atoms with Crippen molar-refractivity contribution in [3.05, 3.63) is 111 Å². The fourth-order valence-corrected chi connectivity index (χ4v) is 4.43. The monoisotopic (exact) mass is 402 g/mol. The maximum absolute atomic E-state index is 13.2. The van der Waals surface area contributed by atoms with Crippen LogP contribution in [0.1, 0.15) is 41.8 Å². The summed E-state index contributed by atoms with van der Waals surface area (Å²) in [7, 11) is 0. The quantitative estimate of drug-likeness (QED) is 0.386. The average molecular weight is 403 g/mol. The molecule has 0 aliphatic carbocycles.